The van der Waals surface area contributed by atoms with Gasteiger partial charge in [-0.1, -0.05) is 35.9 Å². The van der Waals surface area contributed by atoms with Crippen LogP contribution in [0.15, 0.2) is 54.9 Å². The lowest BCUT2D eigenvalue weighted by molar-refractivity contribution is 0.0945. The summed E-state index contributed by atoms with van der Waals surface area (Å²) in [4.78, 5) is 20.7. The highest BCUT2D eigenvalue weighted by atomic mass is 16.7. The first-order chi connectivity index (χ1) is 13.7. The van der Waals surface area contributed by atoms with Gasteiger partial charge in [0.1, 0.15) is 11.5 Å². The standard InChI is InChI=1S/C21H20N4O3/c1-14-3-2-4-15(7-14)10-25-21(26)17-11-24-20(12-22-17)23-9-16-5-6-18-19(8-16)28-13-27-18/h2-8,11-12H,9-10,13H2,1H3,(H,23,24)(H,25,26). The van der Waals surface area contributed by atoms with E-state index in [0.717, 1.165) is 28.2 Å². The normalized spacial score (nSPS) is 11.9. The SMILES string of the molecule is Cc1cccc(CNC(=O)c2cnc(NCc3ccc4c(c3)OCO4)cn2)c1. The smallest absolute Gasteiger partial charge is 0.271 e. The molecule has 142 valence electrons. The zero-order chi connectivity index (χ0) is 19.3. The van der Waals surface area contributed by atoms with Gasteiger partial charge >= 0.3 is 0 Å². The molecule has 0 saturated carbocycles. The van der Waals surface area contributed by atoms with Crippen LogP contribution < -0.4 is 20.1 Å². The molecule has 1 aliphatic heterocycles. The van der Waals surface area contributed by atoms with Crippen molar-refractivity contribution < 1.29 is 14.3 Å². The van der Waals surface area contributed by atoms with E-state index in [4.69, 9.17) is 9.47 Å². The van der Waals surface area contributed by atoms with Crippen molar-refractivity contribution in [3.8, 4) is 11.5 Å². The number of hydrogen-bond acceptors (Lipinski definition) is 6. The van der Waals surface area contributed by atoms with Crippen molar-refractivity contribution in [1.82, 2.24) is 15.3 Å². The molecule has 2 N–H and O–H groups in total. The van der Waals surface area contributed by atoms with Gasteiger partial charge in [-0.2, -0.15) is 0 Å². The van der Waals surface area contributed by atoms with Gasteiger partial charge in [0, 0.05) is 13.1 Å². The largest absolute Gasteiger partial charge is 0.454 e. The highest BCUT2D eigenvalue weighted by molar-refractivity contribution is 5.91. The van der Waals surface area contributed by atoms with Crippen LogP contribution in [0, 0.1) is 6.92 Å². The Kier molecular flexibility index (Phi) is 5.05. The molecule has 0 radical (unpaired) electrons. The maximum Gasteiger partial charge on any atom is 0.271 e. The molecule has 7 heteroatoms. The number of anilines is 1. The summed E-state index contributed by atoms with van der Waals surface area (Å²) in [5.41, 5.74) is 3.51. The molecule has 28 heavy (non-hydrogen) atoms. The van der Waals surface area contributed by atoms with Gasteiger partial charge in [-0.05, 0) is 30.2 Å². The Balaban J connectivity index is 1.31. The van der Waals surface area contributed by atoms with Gasteiger partial charge in [-0.15, -0.1) is 0 Å². The molecule has 0 fully saturated rings. The Hall–Kier alpha value is -3.61. The molecule has 0 unspecified atom stereocenters. The maximum absolute atomic E-state index is 12.2. The number of nitrogens with zero attached hydrogens (tertiary/aromatic N) is 2. The third-order valence-electron chi connectivity index (χ3n) is 4.33. The number of benzene rings is 2. The summed E-state index contributed by atoms with van der Waals surface area (Å²) >= 11 is 0. The fraction of sp³-hybridized carbons (Fsp3) is 0.190. The van der Waals surface area contributed by atoms with Crippen LogP contribution in [0.1, 0.15) is 27.2 Å². The molecule has 1 aliphatic rings. The molecule has 4 rings (SSSR count). The van der Waals surface area contributed by atoms with E-state index in [0.29, 0.717) is 18.9 Å². The highest BCUT2D eigenvalue weighted by Crippen LogP contribution is 2.32. The summed E-state index contributed by atoms with van der Waals surface area (Å²) in [7, 11) is 0. The van der Waals surface area contributed by atoms with Gasteiger partial charge in [0.15, 0.2) is 11.5 Å². The molecule has 7 nitrogen and oxygen atoms in total. The number of hydrogen-bond donors (Lipinski definition) is 2. The lowest BCUT2D eigenvalue weighted by atomic mass is 10.1. The van der Waals surface area contributed by atoms with Gasteiger partial charge in [0.2, 0.25) is 6.79 Å². The predicted octanol–water partition coefficient (Wildman–Crippen LogP) is 3.06. The summed E-state index contributed by atoms with van der Waals surface area (Å²) in [5, 5.41) is 6.04. The number of carbonyl (C=O) groups is 1. The minimum atomic E-state index is -0.253. The van der Waals surface area contributed by atoms with E-state index < -0.39 is 0 Å². The summed E-state index contributed by atoms with van der Waals surface area (Å²) in [6, 6.07) is 13.8. The number of ether oxygens (including phenoxy) is 2. The van der Waals surface area contributed by atoms with Crippen LogP contribution in [-0.4, -0.2) is 22.7 Å². The molecule has 3 aromatic rings. The second-order valence-electron chi connectivity index (χ2n) is 6.50. The summed E-state index contributed by atoms with van der Waals surface area (Å²) in [6.07, 6.45) is 3.02. The Labute approximate surface area is 162 Å². The van der Waals surface area contributed by atoms with Crippen molar-refractivity contribution >= 4 is 11.7 Å². The molecule has 0 bridgehead atoms. The quantitative estimate of drug-likeness (QED) is 0.688. The second-order valence-corrected chi connectivity index (χ2v) is 6.50. The fourth-order valence-electron chi connectivity index (χ4n) is 2.88. The highest BCUT2D eigenvalue weighted by Gasteiger charge is 2.13. The van der Waals surface area contributed by atoms with Crippen LogP contribution in [0.4, 0.5) is 5.82 Å². The molecule has 2 heterocycles. The molecule has 0 atom stereocenters. The average molecular weight is 376 g/mol. The van der Waals surface area contributed by atoms with Crippen LogP contribution in [-0.2, 0) is 13.1 Å². The number of carbonyl (C=O) groups excluding carboxylic acids is 1. The Morgan fingerprint density at radius 2 is 1.86 bits per heavy atom. The van der Waals surface area contributed by atoms with Crippen LogP contribution in [0.2, 0.25) is 0 Å². The lowest BCUT2D eigenvalue weighted by Gasteiger charge is -2.08. The van der Waals surface area contributed by atoms with E-state index in [1.165, 1.54) is 6.20 Å². The molecule has 0 saturated heterocycles. The van der Waals surface area contributed by atoms with E-state index >= 15 is 0 Å². The first kappa shape index (κ1) is 17.8. The molecule has 2 aromatic carbocycles. The molecule has 1 aromatic heterocycles. The third-order valence-corrected chi connectivity index (χ3v) is 4.33. The van der Waals surface area contributed by atoms with Crippen LogP contribution in [0.5, 0.6) is 11.5 Å². The van der Waals surface area contributed by atoms with Crippen molar-refractivity contribution in [3.63, 3.8) is 0 Å². The average Bonchev–Trinajstić information content (AvgIpc) is 3.19. The molecule has 0 aliphatic carbocycles. The van der Waals surface area contributed by atoms with Gasteiger partial charge in [-0.25, -0.2) is 9.97 Å². The van der Waals surface area contributed by atoms with Crippen molar-refractivity contribution in [2.75, 3.05) is 12.1 Å². The first-order valence-corrected chi connectivity index (χ1v) is 8.95. The van der Waals surface area contributed by atoms with Crippen LogP contribution in [0.3, 0.4) is 0 Å². The van der Waals surface area contributed by atoms with Crippen molar-refractivity contribution in [2.45, 2.75) is 20.0 Å². The Morgan fingerprint density at radius 1 is 1.00 bits per heavy atom. The third kappa shape index (κ3) is 4.20. The van der Waals surface area contributed by atoms with E-state index in [-0.39, 0.29) is 18.4 Å². The zero-order valence-corrected chi connectivity index (χ0v) is 15.4. The minimum Gasteiger partial charge on any atom is -0.454 e. The monoisotopic (exact) mass is 376 g/mol. The Bertz CT molecular complexity index is 989. The summed E-state index contributed by atoms with van der Waals surface area (Å²) in [5.74, 6) is 1.83. The van der Waals surface area contributed by atoms with Gasteiger partial charge in [0.05, 0.1) is 12.4 Å². The second kappa shape index (κ2) is 7.96. The van der Waals surface area contributed by atoms with Crippen LogP contribution in [0.25, 0.3) is 0 Å². The number of fused-ring (bicyclic) bond motifs is 1. The van der Waals surface area contributed by atoms with Crippen LogP contribution >= 0.6 is 0 Å². The molecular weight excluding hydrogens is 356 g/mol. The predicted molar refractivity (Wildman–Crippen MR) is 104 cm³/mol. The van der Waals surface area contributed by atoms with Crippen molar-refractivity contribution in [3.05, 3.63) is 77.2 Å². The minimum absolute atomic E-state index is 0.253. The number of rotatable bonds is 6. The van der Waals surface area contributed by atoms with Crippen molar-refractivity contribution in [2.24, 2.45) is 0 Å². The summed E-state index contributed by atoms with van der Waals surface area (Å²) in [6.45, 7) is 3.29. The van der Waals surface area contributed by atoms with E-state index in [1.807, 2.05) is 49.4 Å². The van der Waals surface area contributed by atoms with Crippen molar-refractivity contribution in [1.29, 1.82) is 0 Å². The molecular formula is C21H20N4O3. The van der Waals surface area contributed by atoms with E-state index in [1.54, 1.807) is 6.20 Å². The zero-order valence-electron chi connectivity index (χ0n) is 15.4. The fourth-order valence-corrected chi connectivity index (χ4v) is 2.88. The summed E-state index contributed by atoms with van der Waals surface area (Å²) < 4.78 is 10.7. The first-order valence-electron chi connectivity index (χ1n) is 8.95. The van der Waals surface area contributed by atoms with E-state index in [2.05, 4.69) is 20.6 Å². The van der Waals surface area contributed by atoms with Gasteiger partial charge < -0.3 is 20.1 Å². The lowest BCUT2D eigenvalue weighted by Crippen LogP contribution is -2.24. The van der Waals surface area contributed by atoms with Gasteiger partial charge in [-0.3, -0.25) is 4.79 Å². The topological polar surface area (TPSA) is 85.4 Å². The Morgan fingerprint density at radius 3 is 2.68 bits per heavy atom. The van der Waals surface area contributed by atoms with E-state index in [9.17, 15) is 4.79 Å². The number of aryl methyl sites for hydroxylation is 1. The maximum atomic E-state index is 12.2. The molecule has 0 spiro atoms. The molecule has 1 amide bonds. The number of amides is 1. The number of nitrogens with one attached hydrogen (secondary N) is 2. The van der Waals surface area contributed by atoms with Gasteiger partial charge in [0.25, 0.3) is 5.91 Å². The number of aromatic nitrogens is 2.